The summed E-state index contributed by atoms with van der Waals surface area (Å²) in [6.07, 6.45) is 4.20. The average molecular weight is 310 g/mol. The third-order valence-corrected chi connectivity index (χ3v) is 3.95. The van der Waals surface area contributed by atoms with E-state index in [1.807, 2.05) is 0 Å². The number of unbranched alkanes of at least 4 members (excludes halogenated alkanes) is 1. The van der Waals surface area contributed by atoms with E-state index in [1.54, 1.807) is 6.92 Å². The summed E-state index contributed by atoms with van der Waals surface area (Å²) in [5.74, 6) is -1.85. The molecular formula is C17H26O5. The third kappa shape index (κ3) is 4.83. The number of hydrogen-bond acceptors (Lipinski definition) is 5. The molecule has 0 aliphatic rings. The summed E-state index contributed by atoms with van der Waals surface area (Å²) < 4.78 is 5.34. The van der Waals surface area contributed by atoms with E-state index in [0.29, 0.717) is 12.5 Å². The number of phenolic OH excluding ortho intramolecular Hbond substituents is 3. The molecule has 0 aromatic heterocycles. The molecule has 0 saturated carbocycles. The number of phenols is 3. The quantitative estimate of drug-likeness (QED) is 0.387. The molecule has 0 spiro atoms. The predicted octanol–water partition coefficient (Wildman–Crippen LogP) is 3.67. The molecule has 2 unspecified atom stereocenters. The zero-order valence-electron chi connectivity index (χ0n) is 13.5. The monoisotopic (exact) mass is 310 g/mol. The van der Waals surface area contributed by atoms with Gasteiger partial charge in [0.05, 0.1) is 12.5 Å². The first-order valence-electron chi connectivity index (χ1n) is 7.82. The van der Waals surface area contributed by atoms with E-state index in [4.69, 9.17) is 4.74 Å². The van der Waals surface area contributed by atoms with E-state index in [1.165, 1.54) is 6.07 Å². The van der Waals surface area contributed by atoms with Gasteiger partial charge in [-0.1, -0.05) is 33.1 Å². The lowest BCUT2D eigenvalue weighted by molar-refractivity contribution is -0.146. The molecular weight excluding hydrogens is 284 g/mol. The van der Waals surface area contributed by atoms with Gasteiger partial charge in [0.1, 0.15) is 5.75 Å². The van der Waals surface area contributed by atoms with E-state index in [0.717, 1.165) is 31.7 Å². The number of carbonyl (C=O) groups excluding carboxylic acids is 1. The zero-order valence-corrected chi connectivity index (χ0v) is 13.5. The molecule has 0 fully saturated rings. The number of esters is 1. The first-order valence-corrected chi connectivity index (χ1v) is 7.82. The lowest BCUT2D eigenvalue weighted by atomic mass is 9.98. The number of carbonyl (C=O) groups is 1. The van der Waals surface area contributed by atoms with Gasteiger partial charge in [-0.3, -0.25) is 4.79 Å². The van der Waals surface area contributed by atoms with Crippen molar-refractivity contribution < 1.29 is 24.9 Å². The Balaban J connectivity index is 2.67. The average Bonchev–Trinajstić information content (AvgIpc) is 2.50. The van der Waals surface area contributed by atoms with Crippen molar-refractivity contribution in [2.75, 3.05) is 6.61 Å². The lowest BCUT2D eigenvalue weighted by Gasteiger charge is -2.18. The molecule has 0 aliphatic carbocycles. The van der Waals surface area contributed by atoms with E-state index in [9.17, 15) is 20.1 Å². The highest BCUT2D eigenvalue weighted by Crippen LogP contribution is 2.36. The first-order chi connectivity index (χ1) is 10.4. The molecule has 5 nitrogen and oxygen atoms in total. The highest BCUT2D eigenvalue weighted by Gasteiger charge is 2.22. The van der Waals surface area contributed by atoms with Crippen molar-refractivity contribution in [1.29, 1.82) is 0 Å². The second kappa shape index (κ2) is 8.51. The van der Waals surface area contributed by atoms with Crippen LogP contribution in [0.1, 0.15) is 57.9 Å². The Kier molecular flexibility index (Phi) is 7.02. The van der Waals surface area contributed by atoms with Gasteiger partial charge in [-0.2, -0.15) is 0 Å². The van der Waals surface area contributed by atoms with Gasteiger partial charge < -0.3 is 20.1 Å². The van der Waals surface area contributed by atoms with Crippen LogP contribution >= 0.6 is 0 Å². The van der Waals surface area contributed by atoms with Crippen molar-refractivity contribution in [1.82, 2.24) is 0 Å². The Morgan fingerprint density at radius 3 is 2.36 bits per heavy atom. The summed E-state index contributed by atoms with van der Waals surface area (Å²) >= 11 is 0. The smallest absolute Gasteiger partial charge is 0.313 e. The largest absolute Gasteiger partial charge is 0.507 e. The molecule has 0 radical (unpaired) electrons. The molecule has 5 heteroatoms. The van der Waals surface area contributed by atoms with Crippen molar-refractivity contribution in [2.45, 2.75) is 52.4 Å². The Morgan fingerprint density at radius 2 is 1.77 bits per heavy atom. The fourth-order valence-corrected chi connectivity index (χ4v) is 2.28. The molecule has 124 valence electrons. The maximum atomic E-state index is 12.1. The highest BCUT2D eigenvalue weighted by molar-refractivity contribution is 5.79. The summed E-state index contributed by atoms with van der Waals surface area (Å²) in [4.78, 5) is 12.1. The predicted molar refractivity (Wildman–Crippen MR) is 84.1 cm³/mol. The highest BCUT2D eigenvalue weighted by atomic mass is 16.5. The topological polar surface area (TPSA) is 87.0 Å². The second-order valence-electron chi connectivity index (χ2n) is 5.67. The van der Waals surface area contributed by atoms with Gasteiger partial charge in [0, 0.05) is 11.6 Å². The van der Waals surface area contributed by atoms with E-state index in [-0.39, 0.29) is 17.1 Å². The van der Waals surface area contributed by atoms with Crippen LogP contribution in [0.2, 0.25) is 0 Å². The Hall–Kier alpha value is -1.91. The number of rotatable bonds is 8. The molecule has 1 rings (SSSR count). The fraction of sp³-hybridized carbons (Fsp3) is 0.588. The van der Waals surface area contributed by atoms with Crippen LogP contribution in [0.4, 0.5) is 0 Å². The van der Waals surface area contributed by atoms with Crippen LogP contribution in [-0.2, 0) is 9.53 Å². The minimum atomic E-state index is -0.713. The summed E-state index contributed by atoms with van der Waals surface area (Å²) in [6.45, 7) is 6.16. The molecule has 0 heterocycles. The summed E-state index contributed by atoms with van der Waals surface area (Å²) in [5, 5.41) is 28.6. The zero-order chi connectivity index (χ0) is 16.7. The lowest BCUT2D eigenvalue weighted by Crippen LogP contribution is -2.18. The minimum absolute atomic E-state index is 0.238. The summed E-state index contributed by atoms with van der Waals surface area (Å²) in [6, 6.07) is 2.20. The second-order valence-corrected chi connectivity index (χ2v) is 5.67. The van der Waals surface area contributed by atoms with Gasteiger partial charge in [-0.25, -0.2) is 0 Å². The minimum Gasteiger partial charge on any atom is -0.507 e. The molecule has 0 bridgehead atoms. The molecule has 1 aromatic carbocycles. The molecule has 0 amide bonds. The summed E-state index contributed by atoms with van der Waals surface area (Å²) in [5.41, 5.74) is 0.238. The Morgan fingerprint density at radius 1 is 1.14 bits per heavy atom. The van der Waals surface area contributed by atoms with Crippen LogP contribution in [-0.4, -0.2) is 27.9 Å². The normalized spacial score (nSPS) is 13.6. The van der Waals surface area contributed by atoms with Crippen LogP contribution in [0, 0.1) is 5.92 Å². The van der Waals surface area contributed by atoms with Crippen molar-refractivity contribution in [3.8, 4) is 17.2 Å². The van der Waals surface area contributed by atoms with Gasteiger partial charge >= 0.3 is 5.97 Å². The van der Waals surface area contributed by atoms with Gasteiger partial charge in [0.15, 0.2) is 11.5 Å². The number of aromatic hydroxyl groups is 3. The maximum Gasteiger partial charge on any atom is 0.313 e. The van der Waals surface area contributed by atoms with Crippen LogP contribution in [0.25, 0.3) is 0 Å². The molecule has 2 atom stereocenters. The van der Waals surface area contributed by atoms with Crippen LogP contribution in [0.5, 0.6) is 17.2 Å². The number of ether oxygens (including phenoxy) is 1. The van der Waals surface area contributed by atoms with E-state index in [2.05, 4.69) is 13.8 Å². The molecule has 3 N–H and O–H groups in total. The van der Waals surface area contributed by atoms with Gasteiger partial charge in [0.2, 0.25) is 0 Å². The molecule has 22 heavy (non-hydrogen) atoms. The third-order valence-electron chi connectivity index (χ3n) is 3.95. The fourth-order valence-electron chi connectivity index (χ4n) is 2.28. The Bertz CT molecular complexity index is 498. The number of benzene rings is 1. The van der Waals surface area contributed by atoms with Gasteiger partial charge in [0.25, 0.3) is 0 Å². The van der Waals surface area contributed by atoms with Crippen molar-refractivity contribution >= 4 is 5.97 Å². The van der Waals surface area contributed by atoms with Crippen molar-refractivity contribution in [2.24, 2.45) is 5.92 Å². The summed E-state index contributed by atoms with van der Waals surface area (Å²) in [7, 11) is 0. The van der Waals surface area contributed by atoms with Crippen molar-refractivity contribution in [3.63, 3.8) is 0 Å². The van der Waals surface area contributed by atoms with Crippen LogP contribution in [0.15, 0.2) is 12.1 Å². The van der Waals surface area contributed by atoms with Crippen LogP contribution < -0.4 is 0 Å². The van der Waals surface area contributed by atoms with Gasteiger partial charge in [-0.15, -0.1) is 0 Å². The standard InChI is InChI=1S/C17H26O5/c1-4-6-7-12(5-2)10-22-17(21)11(3)13-8-15(19)16(20)9-14(13)18/h8-9,11-12,18-20H,4-7,10H2,1-3H3. The number of hydrogen-bond donors (Lipinski definition) is 3. The molecule has 0 aliphatic heterocycles. The van der Waals surface area contributed by atoms with E-state index < -0.39 is 17.6 Å². The Labute approximate surface area is 131 Å². The maximum absolute atomic E-state index is 12.1. The van der Waals surface area contributed by atoms with E-state index >= 15 is 0 Å². The SMILES string of the molecule is CCCCC(CC)COC(=O)C(C)c1cc(O)c(O)cc1O. The molecule has 1 aromatic rings. The van der Waals surface area contributed by atoms with Gasteiger partial charge in [-0.05, 0) is 25.3 Å². The van der Waals surface area contributed by atoms with Crippen molar-refractivity contribution in [3.05, 3.63) is 17.7 Å². The first kappa shape index (κ1) is 18.1. The molecule has 0 saturated heterocycles. The van der Waals surface area contributed by atoms with Crippen LogP contribution in [0.3, 0.4) is 0 Å².